The molecule has 2 atom stereocenters. The first kappa shape index (κ1) is 15.8. The summed E-state index contributed by atoms with van der Waals surface area (Å²) in [6.45, 7) is 0. The van der Waals surface area contributed by atoms with Crippen LogP contribution in [0.3, 0.4) is 0 Å². The molecule has 116 valence electrons. The number of hydrogen-bond donors (Lipinski definition) is 1. The third-order valence-corrected chi connectivity index (χ3v) is 4.06. The highest BCUT2D eigenvalue weighted by Gasteiger charge is 2.31. The summed E-state index contributed by atoms with van der Waals surface area (Å²) in [4.78, 5) is 13.9. The summed E-state index contributed by atoms with van der Waals surface area (Å²) in [6.07, 6.45) is -0.610. The van der Waals surface area contributed by atoms with Crippen LogP contribution in [0.2, 0.25) is 0 Å². The minimum absolute atomic E-state index is 0.0476. The molecule has 0 spiro atoms. The van der Waals surface area contributed by atoms with Crippen molar-refractivity contribution in [3.05, 3.63) is 35.4 Å². The van der Waals surface area contributed by atoms with Crippen LogP contribution in [-0.4, -0.2) is 29.9 Å². The SMILES string of the molecule is CN(C(=O)c1ccc(C(F)(F)F)cc1)C1CCCCC1N. The minimum atomic E-state index is -4.39. The van der Waals surface area contributed by atoms with Crippen LogP contribution in [0, 0.1) is 0 Å². The van der Waals surface area contributed by atoms with E-state index in [-0.39, 0.29) is 23.6 Å². The number of likely N-dealkylation sites (N-methyl/N-ethyl adjacent to an activating group) is 1. The molecule has 6 heteroatoms. The van der Waals surface area contributed by atoms with Gasteiger partial charge in [-0.3, -0.25) is 4.79 Å². The van der Waals surface area contributed by atoms with Crippen molar-refractivity contribution in [3.63, 3.8) is 0 Å². The monoisotopic (exact) mass is 300 g/mol. The average Bonchev–Trinajstić information content (AvgIpc) is 2.45. The van der Waals surface area contributed by atoms with Gasteiger partial charge in [-0.1, -0.05) is 12.8 Å². The van der Waals surface area contributed by atoms with Crippen LogP contribution in [0.15, 0.2) is 24.3 Å². The number of amides is 1. The largest absolute Gasteiger partial charge is 0.416 e. The number of halogens is 3. The highest BCUT2D eigenvalue weighted by atomic mass is 19.4. The van der Waals surface area contributed by atoms with Crippen LogP contribution in [0.25, 0.3) is 0 Å². The molecule has 3 nitrogen and oxygen atoms in total. The Bertz CT molecular complexity index is 499. The number of nitrogens with two attached hydrogens (primary N) is 1. The molecule has 0 aliphatic heterocycles. The van der Waals surface area contributed by atoms with E-state index in [0.29, 0.717) is 0 Å². The first-order chi connectivity index (χ1) is 9.80. The fraction of sp³-hybridized carbons (Fsp3) is 0.533. The molecule has 1 aliphatic rings. The van der Waals surface area contributed by atoms with Gasteiger partial charge in [0, 0.05) is 24.7 Å². The summed E-state index contributed by atoms with van der Waals surface area (Å²) in [5.74, 6) is -0.286. The van der Waals surface area contributed by atoms with E-state index in [0.717, 1.165) is 37.8 Å². The summed E-state index contributed by atoms with van der Waals surface area (Å²) in [7, 11) is 1.66. The zero-order valence-electron chi connectivity index (χ0n) is 11.9. The summed E-state index contributed by atoms with van der Waals surface area (Å²) in [5, 5.41) is 0. The van der Waals surface area contributed by atoms with Gasteiger partial charge in [0.25, 0.3) is 5.91 Å². The molecule has 2 N–H and O–H groups in total. The highest BCUT2D eigenvalue weighted by molar-refractivity contribution is 5.94. The average molecular weight is 300 g/mol. The van der Waals surface area contributed by atoms with Crippen LogP contribution in [0.4, 0.5) is 13.2 Å². The predicted octanol–water partition coefficient (Wildman–Crippen LogP) is 3.05. The van der Waals surface area contributed by atoms with Crippen LogP contribution in [0.1, 0.15) is 41.6 Å². The Balaban J connectivity index is 2.12. The quantitative estimate of drug-likeness (QED) is 0.912. The Morgan fingerprint density at radius 2 is 1.76 bits per heavy atom. The van der Waals surface area contributed by atoms with Crippen molar-refractivity contribution in [2.24, 2.45) is 5.73 Å². The fourth-order valence-electron chi connectivity index (χ4n) is 2.78. The van der Waals surface area contributed by atoms with Crippen molar-refractivity contribution in [2.45, 2.75) is 43.9 Å². The molecule has 0 aromatic heterocycles. The molecule has 1 aromatic carbocycles. The van der Waals surface area contributed by atoms with Gasteiger partial charge in [0.15, 0.2) is 0 Å². The fourth-order valence-corrected chi connectivity index (χ4v) is 2.78. The van der Waals surface area contributed by atoms with E-state index in [4.69, 9.17) is 5.73 Å². The second-order valence-corrected chi connectivity index (χ2v) is 5.51. The van der Waals surface area contributed by atoms with Gasteiger partial charge in [-0.25, -0.2) is 0 Å². The lowest BCUT2D eigenvalue weighted by Gasteiger charge is -2.36. The number of hydrogen-bond acceptors (Lipinski definition) is 2. The van der Waals surface area contributed by atoms with E-state index in [1.807, 2.05) is 0 Å². The summed E-state index contributed by atoms with van der Waals surface area (Å²) in [6, 6.07) is 4.19. The van der Waals surface area contributed by atoms with Crippen molar-refractivity contribution in [1.82, 2.24) is 4.90 Å². The molecule has 1 aliphatic carbocycles. The van der Waals surface area contributed by atoms with E-state index >= 15 is 0 Å². The van der Waals surface area contributed by atoms with Gasteiger partial charge in [0.1, 0.15) is 0 Å². The highest BCUT2D eigenvalue weighted by Crippen LogP contribution is 2.29. The lowest BCUT2D eigenvalue weighted by atomic mass is 9.90. The van der Waals surface area contributed by atoms with Gasteiger partial charge in [-0.2, -0.15) is 13.2 Å². The summed E-state index contributed by atoms with van der Waals surface area (Å²) in [5.41, 5.74) is 5.53. The molecular weight excluding hydrogens is 281 g/mol. The summed E-state index contributed by atoms with van der Waals surface area (Å²) < 4.78 is 37.5. The van der Waals surface area contributed by atoms with Crippen LogP contribution >= 0.6 is 0 Å². The van der Waals surface area contributed by atoms with Crippen LogP contribution < -0.4 is 5.73 Å². The van der Waals surface area contributed by atoms with Gasteiger partial charge in [0.05, 0.1) is 5.56 Å². The molecular formula is C15H19F3N2O. The zero-order valence-corrected chi connectivity index (χ0v) is 11.9. The molecule has 0 bridgehead atoms. The van der Waals surface area contributed by atoms with E-state index in [9.17, 15) is 18.0 Å². The standard InChI is InChI=1S/C15H19F3N2O/c1-20(13-5-3-2-4-12(13)19)14(21)10-6-8-11(9-7-10)15(16,17)18/h6-9,12-13H,2-5,19H2,1H3. The lowest BCUT2D eigenvalue weighted by molar-refractivity contribution is -0.137. The molecule has 2 rings (SSSR count). The number of carbonyl (C=O) groups excluding carboxylic acids is 1. The van der Waals surface area contributed by atoms with Crippen molar-refractivity contribution < 1.29 is 18.0 Å². The van der Waals surface area contributed by atoms with Crippen molar-refractivity contribution in [3.8, 4) is 0 Å². The van der Waals surface area contributed by atoms with Gasteiger partial charge in [-0.05, 0) is 37.1 Å². The topological polar surface area (TPSA) is 46.3 Å². The number of nitrogens with zero attached hydrogens (tertiary/aromatic N) is 1. The number of rotatable bonds is 2. The predicted molar refractivity (Wildman–Crippen MR) is 73.8 cm³/mol. The van der Waals surface area contributed by atoms with Gasteiger partial charge in [0.2, 0.25) is 0 Å². The first-order valence-corrected chi connectivity index (χ1v) is 7.00. The van der Waals surface area contributed by atoms with Crippen LogP contribution in [-0.2, 0) is 6.18 Å². The minimum Gasteiger partial charge on any atom is -0.337 e. The molecule has 21 heavy (non-hydrogen) atoms. The molecule has 1 aromatic rings. The first-order valence-electron chi connectivity index (χ1n) is 7.00. The van der Waals surface area contributed by atoms with Gasteiger partial charge >= 0.3 is 6.18 Å². The molecule has 1 saturated carbocycles. The maximum absolute atomic E-state index is 12.5. The van der Waals surface area contributed by atoms with E-state index in [1.54, 1.807) is 11.9 Å². The van der Waals surface area contributed by atoms with Gasteiger partial charge in [-0.15, -0.1) is 0 Å². The Labute approximate surface area is 121 Å². The zero-order chi connectivity index (χ0) is 15.6. The molecule has 0 heterocycles. The Morgan fingerprint density at radius 1 is 1.19 bits per heavy atom. The summed E-state index contributed by atoms with van der Waals surface area (Å²) >= 11 is 0. The van der Waals surface area contributed by atoms with Crippen molar-refractivity contribution in [1.29, 1.82) is 0 Å². The molecule has 1 amide bonds. The number of alkyl halides is 3. The van der Waals surface area contributed by atoms with E-state index in [1.165, 1.54) is 12.1 Å². The number of carbonyl (C=O) groups is 1. The molecule has 1 fully saturated rings. The smallest absolute Gasteiger partial charge is 0.337 e. The molecule has 0 saturated heterocycles. The third kappa shape index (κ3) is 3.56. The number of benzene rings is 1. The Hall–Kier alpha value is -1.56. The molecule has 2 unspecified atom stereocenters. The maximum Gasteiger partial charge on any atom is 0.416 e. The normalized spacial score (nSPS) is 22.9. The maximum atomic E-state index is 12.5. The van der Waals surface area contributed by atoms with Gasteiger partial charge < -0.3 is 10.6 Å². The second-order valence-electron chi connectivity index (χ2n) is 5.51. The van der Waals surface area contributed by atoms with Crippen molar-refractivity contribution >= 4 is 5.91 Å². The third-order valence-electron chi connectivity index (χ3n) is 4.06. The lowest BCUT2D eigenvalue weighted by Crippen LogP contribution is -2.50. The Morgan fingerprint density at radius 3 is 2.29 bits per heavy atom. The van der Waals surface area contributed by atoms with E-state index in [2.05, 4.69) is 0 Å². The Kier molecular flexibility index (Phi) is 4.56. The van der Waals surface area contributed by atoms with Crippen molar-refractivity contribution in [2.75, 3.05) is 7.05 Å². The van der Waals surface area contributed by atoms with Crippen LogP contribution in [0.5, 0.6) is 0 Å². The van der Waals surface area contributed by atoms with E-state index < -0.39 is 11.7 Å². The second kappa shape index (κ2) is 6.05. The molecule has 0 radical (unpaired) electrons.